The molecule has 1 aliphatic heterocycles. The Hall–Kier alpha value is -3.08. The zero-order valence-electron chi connectivity index (χ0n) is 18.0. The summed E-state index contributed by atoms with van der Waals surface area (Å²) in [4.78, 5) is 26.2. The number of hydrogen-bond acceptors (Lipinski definition) is 5. The number of amides is 1. The average Bonchev–Trinajstić information content (AvgIpc) is 3.15. The van der Waals surface area contributed by atoms with Crippen LogP contribution in [-0.2, 0) is 13.2 Å². The maximum atomic E-state index is 13.4. The van der Waals surface area contributed by atoms with Crippen molar-refractivity contribution in [1.29, 1.82) is 0 Å². The van der Waals surface area contributed by atoms with Crippen molar-refractivity contribution in [2.45, 2.75) is 30.1 Å². The third-order valence-corrected chi connectivity index (χ3v) is 6.34. The van der Waals surface area contributed by atoms with Crippen LogP contribution in [-0.4, -0.2) is 55.0 Å². The Bertz CT molecular complexity index is 1170. The van der Waals surface area contributed by atoms with Gasteiger partial charge in [-0.25, -0.2) is 19.7 Å². The zero-order chi connectivity index (χ0) is 23.8. The van der Waals surface area contributed by atoms with Gasteiger partial charge in [-0.1, -0.05) is 23.9 Å². The van der Waals surface area contributed by atoms with Crippen LogP contribution in [0.3, 0.4) is 0 Å². The largest absolute Gasteiger partial charge is 0.465 e. The molecule has 1 fully saturated rings. The number of imidazole rings is 1. The third-order valence-electron chi connectivity index (χ3n) is 5.78. The van der Waals surface area contributed by atoms with Gasteiger partial charge in [-0.2, -0.15) is 13.2 Å². The van der Waals surface area contributed by atoms with Crippen LogP contribution in [0, 0.1) is 0 Å². The van der Waals surface area contributed by atoms with Crippen LogP contribution in [0.1, 0.15) is 30.1 Å². The van der Waals surface area contributed by atoms with Gasteiger partial charge in [0.15, 0.2) is 5.16 Å². The number of likely N-dealkylation sites (tertiary alicyclic amines) is 1. The molecule has 2 aromatic heterocycles. The summed E-state index contributed by atoms with van der Waals surface area (Å²) in [6.45, 7) is 0.760. The standard InChI is InChI=1S/C22H22F3N5O2S/c1-29-18(16-6-9-26-20(27-16)33-2)17(14-4-3-5-15(12-14)22(23,24)25)28-19(29)13-7-10-30(11-8-13)21(31)32/h3-6,9,12-13H,7-8,10-11H2,1-2H3,(H,31,32). The number of halogens is 3. The van der Waals surface area contributed by atoms with Crippen molar-refractivity contribution < 1.29 is 23.1 Å². The first kappa shape index (κ1) is 23.1. The number of alkyl halides is 3. The van der Waals surface area contributed by atoms with E-state index in [4.69, 9.17) is 4.98 Å². The summed E-state index contributed by atoms with van der Waals surface area (Å²) >= 11 is 1.37. The van der Waals surface area contributed by atoms with Gasteiger partial charge in [-0.15, -0.1) is 0 Å². The minimum atomic E-state index is -4.47. The van der Waals surface area contributed by atoms with Gasteiger partial charge in [0.05, 0.1) is 22.6 Å². The lowest BCUT2D eigenvalue weighted by molar-refractivity contribution is -0.137. The van der Waals surface area contributed by atoms with Gasteiger partial charge in [0.2, 0.25) is 0 Å². The van der Waals surface area contributed by atoms with Gasteiger partial charge in [-0.3, -0.25) is 0 Å². The van der Waals surface area contributed by atoms with Crippen molar-refractivity contribution in [3.05, 3.63) is 47.9 Å². The molecule has 11 heteroatoms. The normalized spacial score (nSPS) is 15.1. The summed E-state index contributed by atoms with van der Waals surface area (Å²) in [7, 11) is 1.82. The van der Waals surface area contributed by atoms with Crippen molar-refractivity contribution in [3.8, 4) is 22.6 Å². The first-order valence-electron chi connectivity index (χ1n) is 10.3. The van der Waals surface area contributed by atoms with E-state index in [-0.39, 0.29) is 5.92 Å². The molecule has 174 valence electrons. The quantitative estimate of drug-likeness (QED) is 0.414. The number of thioether (sulfide) groups is 1. The van der Waals surface area contributed by atoms with Crippen LogP contribution in [0.25, 0.3) is 22.6 Å². The molecule has 0 spiro atoms. The fraction of sp³-hybridized carbons (Fsp3) is 0.364. The summed E-state index contributed by atoms with van der Waals surface area (Å²) in [6.07, 6.45) is -0.806. The fourth-order valence-corrected chi connectivity index (χ4v) is 4.47. The van der Waals surface area contributed by atoms with Gasteiger partial charge >= 0.3 is 12.3 Å². The van der Waals surface area contributed by atoms with Crippen LogP contribution in [0.15, 0.2) is 41.7 Å². The van der Waals surface area contributed by atoms with E-state index in [0.717, 1.165) is 12.1 Å². The molecule has 7 nitrogen and oxygen atoms in total. The lowest BCUT2D eigenvalue weighted by Crippen LogP contribution is -2.37. The number of benzene rings is 1. The molecule has 0 atom stereocenters. The Morgan fingerprint density at radius 3 is 2.55 bits per heavy atom. The van der Waals surface area contributed by atoms with Crippen LogP contribution in [0.2, 0.25) is 0 Å². The van der Waals surface area contributed by atoms with Gasteiger partial charge in [0, 0.05) is 37.8 Å². The number of aromatic nitrogens is 4. The van der Waals surface area contributed by atoms with E-state index in [1.165, 1.54) is 22.7 Å². The summed E-state index contributed by atoms with van der Waals surface area (Å²) in [5, 5.41) is 9.78. The molecule has 1 amide bonds. The molecule has 3 heterocycles. The minimum Gasteiger partial charge on any atom is -0.465 e. The molecule has 1 aliphatic rings. The Morgan fingerprint density at radius 1 is 1.18 bits per heavy atom. The molecular formula is C22H22F3N5O2S. The molecule has 0 unspecified atom stereocenters. The highest BCUT2D eigenvalue weighted by Crippen LogP contribution is 2.38. The van der Waals surface area contributed by atoms with E-state index in [2.05, 4.69) is 9.97 Å². The summed E-state index contributed by atoms with van der Waals surface area (Å²) in [5.41, 5.74) is 1.16. The molecule has 1 aromatic carbocycles. The summed E-state index contributed by atoms with van der Waals surface area (Å²) in [6, 6.07) is 6.82. The molecule has 0 aliphatic carbocycles. The third kappa shape index (κ3) is 4.68. The molecule has 0 radical (unpaired) electrons. The number of rotatable bonds is 4. The number of hydrogen-bond donors (Lipinski definition) is 1. The molecule has 1 N–H and O–H groups in total. The predicted octanol–water partition coefficient (Wildman–Crippen LogP) is 5.14. The Balaban J connectivity index is 1.83. The lowest BCUT2D eigenvalue weighted by Gasteiger charge is -2.29. The maximum absolute atomic E-state index is 13.4. The highest BCUT2D eigenvalue weighted by atomic mass is 32.2. The Kier molecular flexibility index (Phi) is 6.33. The summed E-state index contributed by atoms with van der Waals surface area (Å²) < 4.78 is 42.0. The van der Waals surface area contributed by atoms with E-state index in [1.807, 2.05) is 17.9 Å². The molecular weight excluding hydrogens is 455 g/mol. The van der Waals surface area contributed by atoms with Crippen molar-refractivity contribution in [2.75, 3.05) is 19.3 Å². The molecule has 33 heavy (non-hydrogen) atoms. The first-order valence-corrected chi connectivity index (χ1v) is 11.5. The van der Waals surface area contributed by atoms with Gasteiger partial charge in [-0.05, 0) is 37.3 Å². The van der Waals surface area contributed by atoms with Gasteiger partial charge in [0.1, 0.15) is 5.82 Å². The van der Waals surface area contributed by atoms with E-state index < -0.39 is 17.8 Å². The lowest BCUT2D eigenvalue weighted by atomic mass is 9.96. The van der Waals surface area contributed by atoms with Crippen molar-refractivity contribution in [3.63, 3.8) is 0 Å². The molecule has 1 saturated heterocycles. The predicted molar refractivity (Wildman–Crippen MR) is 118 cm³/mol. The monoisotopic (exact) mass is 477 g/mol. The highest BCUT2D eigenvalue weighted by molar-refractivity contribution is 7.98. The number of carboxylic acid groups (broad SMARTS) is 1. The second-order valence-corrected chi connectivity index (χ2v) is 8.55. The van der Waals surface area contributed by atoms with E-state index in [0.29, 0.717) is 59.6 Å². The van der Waals surface area contributed by atoms with E-state index in [9.17, 15) is 23.1 Å². The maximum Gasteiger partial charge on any atom is 0.416 e. The SMILES string of the molecule is CSc1nccc(-c2c(-c3cccc(C(F)(F)F)c3)nc(C3CCN(C(=O)O)CC3)n2C)n1. The van der Waals surface area contributed by atoms with Crippen LogP contribution >= 0.6 is 11.8 Å². The molecule has 3 aromatic rings. The number of piperidine rings is 1. The van der Waals surface area contributed by atoms with Gasteiger partial charge in [0.25, 0.3) is 0 Å². The van der Waals surface area contributed by atoms with E-state index in [1.54, 1.807) is 18.3 Å². The second-order valence-electron chi connectivity index (χ2n) is 7.78. The van der Waals surface area contributed by atoms with Crippen molar-refractivity contribution in [2.24, 2.45) is 7.05 Å². The van der Waals surface area contributed by atoms with Crippen molar-refractivity contribution >= 4 is 17.9 Å². The number of carbonyl (C=O) groups is 1. The minimum absolute atomic E-state index is 0.0224. The Labute approximate surface area is 192 Å². The van der Waals surface area contributed by atoms with Crippen LogP contribution in [0.5, 0.6) is 0 Å². The van der Waals surface area contributed by atoms with Crippen LogP contribution in [0.4, 0.5) is 18.0 Å². The van der Waals surface area contributed by atoms with Crippen molar-refractivity contribution in [1.82, 2.24) is 24.4 Å². The summed E-state index contributed by atoms with van der Waals surface area (Å²) in [5.74, 6) is 0.678. The molecule has 0 bridgehead atoms. The highest BCUT2D eigenvalue weighted by Gasteiger charge is 2.32. The zero-order valence-corrected chi connectivity index (χ0v) is 18.8. The topological polar surface area (TPSA) is 84.1 Å². The first-order chi connectivity index (χ1) is 15.7. The number of nitrogens with zero attached hydrogens (tertiary/aromatic N) is 5. The van der Waals surface area contributed by atoms with E-state index >= 15 is 0 Å². The molecule has 4 rings (SSSR count). The second kappa shape index (κ2) is 9.05. The van der Waals surface area contributed by atoms with Gasteiger partial charge < -0.3 is 14.6 Å². The van der Waals surface area contributed by atoms with Crippen LogP contribution < -0.4 is 0 Å². The smallest absolute Gasteiger partial charge is 0.416 e. The average molecular weight is 478 g/mol. The Morgan fingerprint density at radius 2 is 1.91 bits per heavy atom. The fourth-order valence-electron chi connectivity index (χ4n) is 4.12. The molecule has 0 saturated carbocycles.